The minimum absolute atomic E-state index is 0. The predicted molar refractivity (Wildman–Crippen MR) is 95.1 cm³/mol. The number of rotatable bonds is 3. The third-order valence-corrected chi connectivity index (χ3v) is 5.41. The standard InChI is InChI=1S/C12H16N4OS2.2ClH/c1-16(2)12-15-11-9(19-12)5-8(18-11)10(17)14-7-3-4-13-6-7;;/h5,7,13H,3-4,6H2,1-2H3,(H,14,17);2*1H. The van der Waals surface area contributed by atoms with E-state index in [0.29, 0.717) is 0 Å². The van der Waals surface area contributed by atoms with Crippen molar-refractivity contribution in [2.45, 2.75) is 12.5 Å². The molecule has 1 fully saturated rings. The lowest BCUT2D eigenvalue weighted by molar-refractivity contribution is 0.0944. The highest BCUT2D eigenvalue weighted by atomic mass is 35.5. The Balaban J connectivity index is 0.00000110. The van der Waals surface area contributed by atoms with Gasteiger partial charge >= 0.3 is 0 Å². The van der Waals surface area contributed by atoms with Crippen LogP contribution in [-0.2, 0) is 0 Å². The molecule has 2 N–H and O–H groups in total. The van der Waals surface area contributed by atoms with E-state index in [-0.39, 0.29) is 36.8 Å². The molecule has 1 aliphatic heterocycles. The number of carbonyl (C=O) groups excluding carboxylic acids is 1. The van der Waals surface area contributed by atoms with E-state index in [0.717, 1.165) is 39.0 Å². The van der Waals surface area contributed by atoms with E-state index in [2.05, 4.69) is 15.6 Å². The van der Waals surface area contributed by atoms with Crippen molar-refractivity contribution in [1.82, 2.24) is 15.6 Å². The monoisotopic (exact) mass is 368 g/mol. The van der Waals surface area contributed by atoms with E-state index in [1.807, 2.05) is 25.1 Å². The molecule has 2 aromatic rings. The second-order valence-corrected chi connectivity index (χ2v) is 6.87. The molecule has 0 aliphatic carbocycles. The van der Waals surface area contributed by atoms with Gasteiger partial charge in [-0.1, -0.05) is 11.3 Å². The van der Waals surface area contributed by atoms with Gasteiger partial charge in [0.1, 0.15) is 4.83 Å². The summed E-state index contributed by atoms with van der Waals surface area (Å²) in [5, 5.41) is 7.28. The molecule has 3 rings (SSSR count). The van der Waals surface area contributed by atoms with Gasteiger partial charge in [0.2, 0.25) is 0 Å². The number of thiazole rings is 1. The summed E-state index contributed by atoms with van der Waals surface area (Å²) in [6.07, 6.45) is 1.01. The molecule has 0 aromatic carbocycles. The van der Waals surface area contributed by atoms with Crippen molar-refractivity contribution in [3.8, 4) is 0 Å². The van der Waals surface area contributed by atoms with Crippen LogP contribution < -0.4 is 15.5 Å². The quantitative estimate of drug-likeness (QED) is 0.872. The van der Waals surface area contributed by atoms with Crippen LogP contribution >= 0.6 is 47.5 Å². The molecule has 0 spiro atoms. The molecule has 3 heterocycles. The van der Waals surface area contributed by atoms with Crippen LogP contribution in [0.4, 0.5) is 5.13 Å². The molecule has 0 saturated carbocycles. The average molecular weight is 369 g/mol. The van der Waals surface area contributed by atoms with Crippen molar-refractivity contribution >= 4 is 68.1 Å². The number of amides is 1. The van der Waals surface area contributed by atoms with E-state index >= 15 is 0 Å². The van der Waals surface area contributed by atoms with Gasteiger partial charge < -0.3 is 15.5 Å². The Bertz CT molecular complexity index is 576. The van der Waals surface area contributed by atoms with E-state index in [9.17, 15) is 4.79 Å². The van der Waals surface area contributed by atoms with Gasteiger partial charge in [0.25, 0.3) is 5.91 Å². The van der Waals surface area contributed by atoms with Crippen LogP contribution in [0.25, 0.3) is 9.53 Å². The molecule has 1 aliphatic rings. The Morgan fingerprint density at radius 3 is 2.76 bits per heavy atom. The predicted octanol–water partition coefficient (Wildman–Crippen LogP) is 2.36. The second-order valence-electron chi connectivity index (χ2n) is 4.83. The summed E-state index contributed by atoms with van der Waals surface area (Å²) < 4.78 is 1.09. The molecule has 1 saturated heterocycles. The lowest BCUT2D eigenvalue weighted by Crippen LogP contribution is -2.35. The molecule has 5 nitrogen and oxygen atoms in total. The Morgan fingerprint density at radius 1 is 1.43 bits per heavy atom. The average Bonchev–Trinajstić information content (AvgIpc) is 3.01. The second kappa shape index (κ2) is 7.60. The molecule has 0 radical (unpaired) electrons. The van der Waals surface area contributed by atoms with Crippen LogP contribution in [0.2, 0.25) is 0 Å². The minimum Gasteiger partial charge on any atom is -0.354 e. The van der Waals surface area contributed by atoms with Gasteiger partial charge in [-0.25, -0.2) is 4.98 Å². The topological polar surface area (TPSA) is 57.3 Å². The van der Waals surface area contributed by atoms with Crippen LogP contribution in [0.15, 0.2) is 6.07 Å². The summed E-state index contributed by atoms with van der Waals surface area (Å²) in [7, 11) is 3.95. The van der Waals surface area contributed by atoms with E-state index in [1.165, 1.54) is 11.3 Å². The molecule has 1 unspecified atom stereocenters. The fraction of sp³-hybridized carbons (Fsp3) is 0.500. The number of aromatic nitrogens is 1. The smallest absolute Gasteiger partial charge is 0.261 e. The van der Waals surface area contributed by atoms with Gasteiger partial charge in [-0.3, -0.25) is 4.79 Å². The first kappa shape index (κ1) is 18.4. The highest BCUT2D eigenvalue weighted by molar-refractivity contribution is 7.29. The first-order valence-corrected chi connectivity index (χ1v) is 7.86. The van der Waals surface area contributed by atoms with Gasteiger partial charge in [-0.2, -0.15) is 0 Å². The fourth-order valence-electron chi connectivity index (χ4n) is 2.06. The Morgan fingerprint density at radius 2 is 2.19 bits per heavy atom. The molecular weight excluding hydrogens is 351 g/mol. The molecule has 1 atom stereocenters. The number of anilines is 1. The summed E-state index contributed by atoms with van der Waals surface area (Å²) in [6, 6.07) is 2.21. The third-order valence-electron chi connectivity index (χ3n) is 3.08. The first-order valence-electron chi connectivity index (χ1n) is 6.23. The van der Waals surface area contributed by atoms with Crippen LogP contribution in [0.3, 0.4) is 0 Å². The highest BCUT2D eigenvalue weighted by Crippen LogP contribution is 2.33. The van der Waals surface area contributed by atoms with Gasteiger partial charge in [0.15, 0.2) is 5.13 Å². The largest absolute Gasteiger partial charge is 0.354 e. The van der Waals surface area contributed by atoms with Gasteiger partial charge in [-0.15, -0.1) is 36.2 Å². The number of hydrogen-bond donors (Lipinski definition) is 2. The number of carbonyl (C=O) groups is 1. The fourth-order valence-corrected chi connectivity index (χ4v) is 4.10. The maximum atomic E-state index is 12.1. The Hall–Kier alpha value is -0.600. The van der Waals surface area contributed by atoms with Gasteiger partial charge in [0, 0.05) is 26.7 Å². The van der Waals surface area contributed by atoms with Crippen LogP contribution in [0, 0.1) is 0 Å². The van der Waals surface area contributed by atoms with Gasteiger partial charge in [-0.05, 0) is 19.0 Å². The van der Waals surface area contributed by atoms with Crippen molar-refractivity contribution in [2.24, 2.45) is 0 Å². The SMILES string of the molecule is CN(C)c1nc2sc(C(=O)NC3CCNC3)cc2s1.Cl.Cl. The zero-order valence-electron chi connectivity index (χ0n) is 11.7. The molecule has 0 bridgehead atoms. The van der Waals surface area contributed by atoms with Gasteiger partial charge in [0.05, 0.1) is 9.58 Å². The summed E-state index contributed by atoms with van der Waals surface area (Å²) in [4.78, 5) is 20.3. The summed E-state index contributed by atoms with van der Waals surface area (Å²) in [5.74, 6) is 0.0234. The van der Waals surface area contributed by atoms with Crippen molar-refractivity contribution in [3.63, 3.8) is 0 Å². The maximum absolute atomic E-state index is 12.1. The molecule has 9 heteroatoms. The van der Waals surface area contributed by atoms with Crippen molar-refractivity contribution < 1.29 is 4.79 Å². The molecule has 21 heavy (non-hydrogen) atoms. The van der Waals surface area contributed by atoms with Crippen LogP contribution in [-0.4, -0.2) is 44.1 Å². The lowest BCUT2D eigenvalue weighted by Gasteiger charge is -2.09. The molecule has 1 amide bonds. The molecule has 118 valence electrons. The normalized spacial score (nSPS) is 17.1. The van der Waals surface area contributed by atoms with Crippen LogP contribution in [0.5, 0.6) is 0 Å². The van der Waals surface area contributed by atoms with Crippen molar-refractivity contribution in [3.05, 3.63) is 10.9 Å². The number of hydrogen-bond acceptors (Lipinski definition) is 6. The zero-order chi connectivity index (χ0) is 13.4. The number of nitrogens with zero attached hydrogens (tertiary/aromatic N) is 2. The third kappa shape index (κ3) is 3.98. The minimum atomic E-state index is 0. The molecular formula is C12H18Cl2N4OS2. The van der Waals surface area contributed by atoms with E-state index in [1.54, 1.807) is 11.3 Å². The van der Waals surface area contributed by atoms with Crippen molar-refractivity contribution in [2.75, 3.05) is 32.1 Å². The number of fused-ring (bicyclic) bond motifs is 1. The number of halogens is 2. The lowest BCUT2D eigenvalue weighted by atomic mass is 10.2. The van der Waals surface area contributed by atoms with Crippen molar-refractivity contribution in [1.29, 1.82) is 0 Å². The van der Waals surface area contributed by atoms with Crippen LogP contribution in [0.1, 0.15) is 16.1 Å². The molecule has 2 aromatic heterocycles. The summed E-state index contributed by atoms with van der Waals surface area (Å²) in [5.41, 5.74) is 0. The Kier molecular flexibility index (Phi) is 6.68. The zero-order valence-corrected chi connectivity index (χ0v) is 15.0. The van der Waals surface area contributed by atoms with E-state index < -0.39 is 0 Å². The first-order chi connectivity index (χ1) is 9.13. The summed E-state index contributed by atoms with van der Waals surface area (Å²) >= 11 is 3.09. The number of nitrogens with one attached hydrogen (secondary N) is 2. The number of thiophene rings is 1. The van der Waals surface area contributed by atoms with E-state index in [4.69, 9.17) is 0 Å². The highest BCUT2D eigenvalue weighted by Gasteiger charge is 2.20. The Labute approximate surface area is 143 Å². The summed E-state index contributed by atoms with van der Waals surface area (Å²) in [6.45, 7) is 1.85. The maximum Gasteiger partial charge on any atom is 0.261 e.